The number of rotatable bonds is 7. The number of tetrazole rings is 1. The maximum atomic E-state index is 12.8. The van der Waals surface area contributed by atoms with Gasteiger partial charge in [0.1, 0.15) is 5.82 Å². The Morgan fingerprint density at radius 3 is 2.43 bits per heavy atom. The Hall–Kier alpha value is -4.38. The van der Waals surface area contributed by atoms with Gasteiger partial charge in [0.15, 0.2) is 12.3 Å². The molecule has 1 aliphatic heterocycles. The zero-order valence-electron chi connectivity index (χ0n) is 18.8. The molecule has 3 heterocycles. The molecule has 0 saturated carbocycles. The second kappa shape index (κ2) is 9.47. The van der Waals surface area contributed by atoms with Crippen LogP contribution >= 0.6 is 11.8 Å². The molecule has 0 radical (unpaired) electrons. The first-order valence-electron chi connectivity index (χ1n) is 10.6. The van der Waals surface area contributed by atoms with Gasteiger partial charge in [-0.05, 0) is 53.1 Å². The van der Waals surface area contributed by atoms with Crippen LogP contribution in [0.25, 0.3) is 0 Å². The van der Waals surface area contributed by atoms with Crippen LogP contribution in [-0.2, 0) is 18.5 Å². The molecule has 2 amide bonds. The SMILES string of the molecule is CSc1cccc(C(=NOCc2cccc(N3C(=O)c4ccccc4C3=O)n2)c2nnnn2C)c1. The quantitative estimate of drug-likeness (QED) is 0.170. The smallest absolute Gasteiger partial charge is 0.267 e. The maximum Gasteiger partial charge on any atom is 0.267 e. The van der Waals surface area contributed by atoms with E-state index in [9.17, 15) is 9.59 Å². The molecule has 5 rings (SSSR count). The van der Waals surface area contributed by atoms with Crippen LogP contribution in [0.3, 0.4) is 0 Å². The Labute approximate surface area is 204 Å². The highest BCUT2D eigenvalue weighted by Crippen LogP contribution is 2.27. The zero-order valence-corrected chi connectivity index (χ0v) is 19.6. The largest absolute Gasteiger partial charge is 0.389 e. The number of thioether (sulfide) groups is 1. The summed E-state index contributed by atoms with van der Waals surface area (Å²) >= 11 is 1.61. The number of hydrogen-bond acceptors (Lipinski definition) is 9. The van der Waals surface area contributed by atoms with Gasteiger partial charge in [0.25, 0.3) is 11.8 Å². The summed E-state index contributed by atoms with van der Waals surface area (Å²) in [7, 11) is 1.72. The van der Waals surface area contributed by atoms with E-state index in [-0.39, 0.29) is 12.4 Å². The first kappa shape index (κ1) is 22.4. The van der Waals surface area contributed by atoms with Crippen LogP contribution < -0.4 is 4.90 Å². The van der Waals surface area contributed by atoms with E-state index in [1.165, 1.54) is 4.68 Å². The number of carbonyl (C=O) groups excluding carboxylic acids is 2. The minimum atomic E-state index is -0.403. The van der Waals surface area contributed by atoms with E-state index in [1.807, 2.05) is 30.5 Å². The van der Waals surface area contributed by atoms with Crippen molar-refractivity contribution < 1.29 is 14.4 Å². The third kappa shape index (κ3) is 4.28. The van der Waals surface area contributed by atoms with E-state index >= 15 is 0 Å². The number of carbonyl (C=O) groups is 2. The molecule has 4 aromatic rings. The highest BCUT2D eigenvalue weighted by molar-refractivity contribution is 7.98. The molecule has 0 bridgehead atoms. The number of hydrogen-bond donors (Lipinski definition) is 0. The lowest BCUT2D eigenvalue weighted by Crippen LogP contribution is -2.30. The molecule has 0 spiro atoms. The van der Waals surface area contributed by atoms with E-state index in [1.54, 1.807) is 61.3 Å². The molecule has 10 nitrogen and oxygen atoms in total. The van der Waals surface area contributed by atoms with Gasteiger partial charge in [-0.25, -0.2) is 14.6 Å². The lowest BCUT2D eigenvalue weighted by molar-refractivity contribution is 0.0924. The van der Waals surface area contributed by atoms with Gasteiger partial charge in [-0.2, -0.15) is 0 Å². The number of amides is 2. The highest BCUT2D eigenvalue weighted by Gasteiger charge is 2.37. The van der Waals surface area contributed by atoms with Crippen molar-refractivity contribution in [2.75, 3.05) is 11.2 Å². The van der Waals surface area contributed by atoms with E-state index in [0.29, 0.717) is 28.4 Å². The Balaban J connectivity index is 1.39. The lowest BCUT2D eigenvalue weighted by atomic mass is 10.1. The van der Waals surface area contributed by atoms with Crippen LogP contribution in [0.5, 0.6) is 0 Å². The summed E-state index contributed by atoms with van der Waals surface area (Å²) in [6.45, 7) is 0.00794. The van der Waals surface area contributed by atoms with E-state index in [4.69, 9.17) is 4.84 Å². The topological polar surface area (TPSA) is 115 Å². The average Bonchev–Trinajstić information content (AvgIpc) is 3.42. The monoisotopic (exact) mass is 485 g/mol. The van der Waals surface area contributed by atoms with Crippen LogP contribution in [0, 0.1) is 0 Å². The minimum absolute atomic E-state index is 0.00794. The van der Waals surface area contributed by atoms with Gasteiger partial charge in [-0.1, -0.05) is 35.5 Å². The molecule has 0 N–H and O–H groups in total. The minimum Gasteiger partial charge on any atom is -0.389 e. The zero-order chi connectivity index (χ0) is 24.4. The number of aryl methyl sites for hydroxylation is 1. The fourth-order valence-corrected chi connectivity index (χ4v) is 4.11. The third-order valence-corrected chi connectivity index (χ3v) is 6.08. The summed E-state index contributed by atoms with van der Waals surface area (Å²) in [4.78, 5) is 37.8. The molecule has 11 heteroatoms. The summed E-state index contributed by atoms with van der Waals surface area (Å²) < 4.78 is 1.51. The molecule has 174 valence electrons. The molecule has 2 aromatic heterocycles. The first-order valence-corrected chi connectivity index (χ1v) is 11.8. The fourth-order valence-electron chi connectivity index (χ4n) is 3.66. The van der Waals surface area contributed by atoms with Crippen LogP contribution in [0.2, 0.25) is 0 Å². The van der Waals surface area contributed by atoms with Crippen molar-refractivity contribution in [3.63, 3.8) is 0 Å². The Kier molecular flexibility index (Phi) is 6.06. The number of oxime groups is 1. The number of aromatic nitrogens is 5. The number of anilines is 1. The predicted octanol–water partition coefficient (Wildman–Crippen LogP) is 3.10. The predicted molar refractivity (Wildman–Crippen MR) is 129 cm³/mol. The van der Waals surface area contributed by atoms with Gasteiger partial charge >= 0.3 is 0 Å². The van der Waals surface area contributed by atoms with Crippen LogP contribution in [0.4, 0.5) is 5.82 Å². The Morgan fingerprint density at radius 1 is 1.00 bits per heavy atom. The summed E-state index contributed by atoms with van der Waals surface area (Å²) in [5, 5.41) is 16.0. The van der Waals surface area contributed by atoms with Gasteiger partial charge in [0.2, 0.25) is 5.82 Å². The van der Waals surface area contributed by atoms with Crippen molar-refractivity contribution in [1.82, 2.24) is 25.2 Å². The molecule has 35 heavy (non-hydrogen) atoms. The van der Waals surface area contributed by atoms with Gasteiger partial charge in [0, 0.05) is 17.5 Å². The number of nitrogens with zero attached hydrogens (tertiary/aromatic N) is 7. The number of fused-ring (bicyclic) bond motifs is 1. The van der Waals surface area contributed by atoms with Gasteiger partial charge in [0.05, 0.1) is 16.8 Å². The lowest BCUT2D eigenvalue weighted by Gasteiger charge is -2.13. The number of pyridine rings is 1. The van der Waals surface area contributed by atoms with Crippen molar-refractivity contribution in [3.05, 3.63) is 94.9 Å². The number of benzene rings is 2. The Bertz CT molecular complexity index is 1430. The average molecular weight is 486 g/mol. The molecule has 2 aromatic carbocycles. The second-order valence-corrected chi connectivity index (χ2v) is 8.43. The van der Waals surface area contributed by atoms with Crippen molar-refractivity contribution in [2.24, 2.45) is 12.2 Å². The van der Waals surface area contributed by atoms with Crippen molar-refractivity contribution in [1.29, 1.82) is 0 Å². The highest BCUT2D eigenvalue weighted by atomic mass is 32.2. The third-order valence-electron chi connectivity index (χ3n) is 5.36. The molecular weight excluding hydrogens is 466 g/mol. The summed E-state index contributed by atoms with van der Waals surface area (Å²) in [5.41, 5.74) is 2.48. The molecule has 0 aliphatic carbocycles. The summed E-state index contributed by atoms with van der Waals surface area (Å²) in [6, 6.07) is 19.6. The molecule has 0 saturated heterocycles. The second-order valence-electron chi connectivity index (χ2n) is 7.55. The van der Waals surface area contributed by atoms with E-state index < -0.39 is 11.8 Å². The summed E-state index contributed by atoms with van der Waals surface area (Å²) in [6.07, 6.45) is 1.99. The standard InChI is InChI=1S/C24H19N7O3S/c1-30-22(26-28-29-30)21(15-7-5-9-17(13-15)35-2)27-34-14-16-8-6-12-20(25-16)31-23(32)18-10-3-4-11-19(18)24(31)33/h3-13H,14H2,1-2H3. The van der Waals surface area contributed by atoms with Crippen molar-refractivity contribution in [3.8, 4) is 0 Å². The molecule has 0 fully saturated rings. The van der Waals surface area contributed by atoms with Crippen molar-refractivity contribution >= 4 is 35.1 Å². The maximum absolute atomic E-state index is 12.8. The fraction of sp³-hybridized carbons (Fsp3) is 0.125. The van der Waals surface area contributed by atoms with Gasteiger partial charge < -0.3 is 4.84 Å². The van der Waals surface area contributed by atoms with Crippen molar-refractivity contribution in [2.45, 2.75) is 11.5 Å². The molecule has 1 aliphatic rings. The molecular formula is C24H19N7O3S. The van der Waals surface area contributed by atoms with E-state index in [2.05, 4.69) is 25.7 Å². The van der Waals surface area contributed by atoms with Crippen LogP contribution in [0.15, 0.2) is 76.8 Å². The normalized spacial score (nSPS) is 13.3. The Morgan fingerprint density at radius 2 is 1.74 bits per heavy atom. The van der Waals surface area contributed by atoms with Gasteiger partial charge in [-0.15, -0.1) is 16.9 Å². The molecule has 0 atom stereocenters. The van der Waals surface area contributed by atoms with Gasteiger partial charge in [-0.3, -0.25) is 9.59 Å². The molecule has 0 unspecified atom stereocenters. The first-order chi connectivity index (χ1) is 17.1. The van der Waals surface area contributed by atoms with E-state index in [0.717, 1.165) is 15.4 Å². The number of imide groups is 1. The van der Waals surface area contributed by atoms with Crippen LogP contribution in [0.1, 0.15) is 37.8 Å². The summed E-state index contributed by atoms with van der Waals surface area (Å²) in [5.74, 6) is -0.137. The van der Waals surface area contributed by atoms with Crippen LogP contribution in [-0.4, -0.2) is 49.0 Å².